The normalized spacial score (nSPS) is 12.7. The predicted molar refractivity (Wildman–Crippen MR) is 97.5 cm³/mol. The van der Waals surface area contributed by atoms with E-state index in [0.717, 1.165) is 22.5 Å². The Bertz CT molecular complexity index is 593. The third-order valence-electron chi connectivity index (χ3n) is 2.84. The van der Waals surface area contributed by atoms with Gasteiger partial charge in [-0.2, -0.15) is 0 Å². The number of furan rings is 1. The Labute approximate surface area is 146 Å². The Balaban J connectivity index is 0.00000220. The van der Waals surface area contributed by atoms with Crippen LogP contribution in [0.15, 0.2) is 27.7 Å². The summed E-state index contributed by atoms with van der Waals surface area (Å²) in [5.41, 5.74) is 0. The maximum Gasteiger partial charge on any atom is 0.191 e. The van der Waals surface area contributed by atoms with Gasteiger partial charge in [-0.25, -0.2) is 4.98 Å². The van der Waals surface area contributed by atoms with E-state index in [0.29, 0.717) is 6.54 Å². The highest BCUT2D eigenvalue weighted by Crippen LogP contribution is 2.15. The van der Waals surface area contributed by atoms with Crippen LogP contribution in [0.25, 0.3) is 0 Å². The first-order chi connectivity index (χ1) is 9.58. The lowest BCUT2D eigenvalue weighted by atomic mass is 10.2. The molecule has 5 nitrogen and oxygen atoms in total. The molecular weight excluding hydrogens is 399 g/mol. The number of aromatic nitrogens is 1. The van der Waals surface area contributed by atoms with Crippen molar-refractivity contribution in [3.05, 3.63) is 39.7 Å². The minimum atomic E-state index is 0. The molecule has 2 heterocycles. The largest absolute Gasteiger partial charge is 0.464 e. The number of rotatable bonds is 4. The van der Waals surface area contributed by atoms with Gasteiger partial charge in [0.15, 0.2) is 5.96 Å². The van der Waals surface area contributed by atoms with E-state index in [1.165, 1.54) is 4.88 Å². The van der Waals surface area contributed by atoms with Crippen molar-refractivity contribution in [3.8, 4) is 0 Å². The van der Waals surface area contributed by atoms with E-state index in [1.54, 1.807) is 18.4 Å². The molecule has 0 saturated carbocycles. The van der Waals surface area contributed by atoms with Crippen molar-refractivity contribution in [2.45, 2.75) is 33.4 Å². The minimum Gasteiger partial charge on any atom is -0.464 e. The van der Waals surface area contributed by atoms with E-state index in [2.05, 4.69) is 27.5 Å². The fraction of sp³-hybridized carbons (Fsp3) is 0.429. The zero-order chi connectivity index (χ0) is 14.5. The van der Waals surface area contributed by atoms with Crippen LogP contribution in [0, 0.1) is 13.8 Å². The van der Waals surface area contributed by atoms with Crippen LogP contribution in [0.5, 0.6) is 0 Å². The van der Waals surface area contributed by atoms with Gasteiger partial charge < -0.3 is 15.1 Å². The second-order valence-electron chi connectivity index (χ2n) is 4.60. The summed E-state index contributed by atoms with van der Waals surface area (Å²) >= 11 is 1.68. The molecule has 0 amide bonds. The van der Waals surface area contributed by atoms with Crippen LogP contribution in [0.3, 0.4) is 0 Å². The lowest BCUT2D eigenvalue weighted by Gasteiger charge is -2.15. The Morgan fingerprint density at radius 1 is 1.43 bits per heavy atom. The van der Waals surface area contributed by atoms with Gasteiger partial charge >= 0.3 is 0 Å². The van der Waals surface area contributed by atoms with Crippen LogP contribution in [0.4, 0.5) is 0 Å². The number of aliphatic imine (C=N–C) groups is 1. The number of nitrogens with zero attached hydrogens (tertiary/aromatic N) is 2. The van der Waals surface area contributed by atoms with Gasteiger partial charge in [0.25, 0.3) is 0 Å². The number of hydrogen-bond donors (Lipinski definition) is 2. The van der Waals surface area contributed by atoms with Crippen LogP contribution in [-0.2, 0) is 6.54 Å². The van der Waals surface area contributed by atoms with E-state index in [9.17, 15) is 0 Å². The number of thiazole rings is 1. The Hall–Kier alpha value is -1.09. The van der Waals surface area contributed by atoms with Gasteiger partial charge in [-0.3, -0.25) is 4.99 Å². The van der Waals surface area contributed by atoms with Gasteiger partial charge in [0.05, 0.1) is 12.6 Å². The molecule has 0 aromatic carbocycles. The number of aryl methyl sites for hydroxylation is 2. The lowest BCUT2D eigenvalue weighted by molar-refractivity contribution is 0.441. The molecule has 0 bridgehead atoms. The quantitative estimate of drug-likeness (QED) is 0.452. The topological polar surface area (TPSA) is 62.5 Å². The average molecular weight is 420 g/mol. The average Bonchev–Trinajstić information content (AvgIpc) is 3.03. The monoisotopic (exact) mass is 420 g/mol. The smallest absolute Gasteiger partial charge is 0.191 e. The van der Waals surface area contributed by atoms with E-state index in [4.69, 9.17) is 4.42 Å². The fourth-order valence-corrected chi connectivity index (χ4v) is 2.53. The second kappa shape index (κ2) is 8.38. The van der Waals surface area contributed by atoms with Crippen LogP contribution < -0.4 is 10.6 Å². The van der Waals surface area contributed by atoms with Crippen molar-refractivity contribution in [2.75, 3.05) is 7.05 Å². The summed E-state index contributed by atoms with van der Waals surface area (Å²) in [5, 5.41) is 7.60. The molecule has 1 atom stereocenters. The summed E-state index contributed by atoms with van der Waals surface area (Å²) in [7, 11) is 1.75. The Kier molecular flexibility index (Phi) is 7.16. The maximum absolute atomic E-state index is 5.60. The Morgan fingerprint density at radius 3 is 2.71 bits per heavy atom. The van der Waals surface area contributed by atoms with Crippen LogP contribution in [0.1, 0.15) is 34.4 Å². The van der Waals surface area contributed by atoms with Crippen molar-refractivity contribution in [3.63, 3.8) is 0 Å². The molecule has 0 radical (unpaired) electrons. The number of nitrogens with one attached hydrogen (secondary N) is 2. The standard InChI is InChI=1S/C14H20N4OS.HI/c1-9-5-6-12(19-9)11(3)18-14(15-4)17-8-13-16-7-10(2)20-13;/h5-7,11H,8H2,1-4H3,(H2,15,17,18);1H. The zero-order valence-electron chi connectivity index (χ0n) is 12.6. The molecule has 0 aliphatic rings. The molecular formula is C14H21IN4OS. The summed E-state index contributed by atoms with van der Waals surface area (Å²) in [6.07, 6.45) is 1.88. The molecule has 7 heteroatoms. The molecule has 2 N–H and O–H groups in total. The third-order valence-corrected chi connectivity index (χ3v) is 3.75. The second-order valence-corrected chi connectivity index (χ2v) is 5.92. The predicted octanol–water partition coefficient (Wildman–Crippen LogP) is 3.40. The van der Waals surface area contributed by atoms with Crippen LogP contribution >= 0.6 is 35.3 Å². The summed E-state index contributed by atoms with van der Waals surface area (Å²) in [6.45, 7) is 6.70. The van der Waals surface area contributed by atoms with Crippen molar-refractivity contribution in [1.82, 2.24) is 15.6 Å². The van der Waals surface area contributed by atoms with E-state index in [-0.39, 0.29) is 30.0 Å². The van der Waals surface area contributed by atoms with Gasteiger partial charge in [-0.1, -0.05) is 0 Å². The van der Waals surface area contributed by atoms with Crippen LogP contribution in [0.2, 0.25) is 0 Å². The van der Waals surface area contributed by atoms with Gasteiger partial charge in [-0.05, 0) is 32.9 Å². The fourth-order valence-electron chi connectivity index (χ4n) is 1.80. The van der Waals surface area contributed by atoms with E-state index >= 15 is 0 Å². The number of guanidine groups is 1. The van der Waals surface area contributed by atoms with Gasteiger partial charge in [0, 0.05) is 18.1 Å². The first-order valence-electron chi connectivity index (χ1n) is 6.53. The lowest BCUT2D eigenvalue weighted by Crippen LogP contribution is -2.38. The first-order valence-corrected chi connectivity index (χ1v) is 7.35. The molecule has 0 saturated heterocycles. The molecule has 0 aliphatic carbocycles. The number of hydrogen-bond acceptors (Lipinski definition) is 4. The highest BCUT2D eigenvalue weighted by Gasteiger charge is 2.11. The van der Waals surface area contributed by atoms with E-state index < -0.39 is 0 Å². The van der Waals surface area contributed by atoms with Crippen molar-refractivity contribution in [2.24, 2.45) is 4.99 Å². The summed E-state index contributed by atoms with van der Waals surface area (Å²) in [6, 6.07) is 4.00. The van der Waals surface area contributed by atoms with E-state index in [1.807, 2.05) is 32.2 Å². The highest BCUT2D eigenvalue weighted by molar-refractivity contribution is 14.0. The van der Waals surface area contributed by atoms with Crippen LogP contribution in [-0.4, -0.2) is 18.0 Å². The molecule has 21 heavy (non-hydrogen) atoms. The molecule has 116 valence electrons. The molecule has 2 aromatic heterocycles. The van der Waals surface area contributed by atoms with Gasteiger partial charge in [0.1, 0.15) is 16.5 Å². The minimum absolute atomic E-state index is 0. The third kappa shape index (κ3) is 5.31. The van der Waals surface area contributed by atoms with Crippen molar-refractivity contribution in [1.29, 1.82) is 0 Å². The SMILES string of the molecule is CN=C(NCc1ncc(C)s1)NC(C)c1ccc(C)o1.I. The summed E-state index contributed by atoms with van der Waals surface area (Å²) < 4.78 is 5.60. The highest BCUT2D eigenvalue weighted by atomic mass is 127. The zero-order valence-corrected chi connectivity index (χ0v) is 15.8. The Morgan fingerprint density at radius 2 is 2.19 bits per heavy atom. The van der Waals surface area contributed by atoms with Crippen molar-refractivity contribution >= 4 is 41.3 Å². The molecule has 0 fully saturated rings. The molecule has 0 spiro atoms. The molecule has 0 aliphatic heterocycles. The summed E-state index contributed by atoms with van der Waals surface area (Å²) in [5.74, 6) is 2.55. The van der Waals surface area contributed by atoms with Crippen molar-refractivity contribution < 1.29 is 4.42 Å². The molecule has 2 aromatic rings. The molecule has 1 unspecified atom stereocenters. The maximum atomic E-state index is 5.60. The molecule has 2 rings (SSSR count). The summed E-state index contributed by atoms with van der Waals surface area (Å²) in [4.78, 5) is 9.74. The number of halogens is 1. The van der Waals surface area contributed by atoms with Gasteiger partial charge in [-0.15, -0.1) is 35.3 Å². The first kappa shape index (κ1) is 18.0. The van der Waals surface area contributed by atoms with Gasteiger partial charge in [0.2, 0.25) is 0 Å².